The zero-order valence-electron chi connectivity index (χ0n) is 19.1. The molecule has 2 heterocycles. The third kappa shape index (κ3) is 5.00. The van der Waals surface area contributed by atoms with E-state index in [4.69, 9.17) is 9.73 Å². The highest BCUT2D eigenvalue weighted by molar-refractivity contribution is 8.15. The smallest absolute Gasteiger partial charge is 0.242 e. The summed E-state index contributed by atoms with van der Waals surface area (Å²) < 4.78 is 5.78. The molecule has 2 aliphatic heterocycles. The highest BCUT2D eigenvalue weighted by atomic mass is 32.2. The molecule has 0 aliphatic carbocycles. The minimum Gasteiger partial charge on any atom is -0.376 e. The number of nitrogens with zero attached hydrogens (tertiary/aromatic N) is 2. The Morgan fingerprint density at radius 1 is 1.12 bits per heavy atom. The summed E-state index contributed by atoms with van der Waals surface area (Å²) >= 11 is 1.36. The number of amides is 2. The number of amidine groups is 1. The van der Waals surface area contributed by atoms with Crippen LogP contribution < -0.4 is 5.32 Å². The standard InChI is InChI=1S/C27H27N3O3S/c1-18-11-13-20(14-12-18)28-27-30(17-21-8-5-15-33-21)26(32)24(34-27)16-25(31)29-23-10-4-7-19-6-2-3-9-22(19)23/h2-4,6-7,9-14,21,24H,5,8,15-17H2,1H3,(H,29,31). The summed E-state index contributed by atoms with van der Waals surface area (Å²) in [6.07, 6.45) is 2.03. The first-order chi connectivity index (χ1) is 16.6. The van der Waals surface area contributed by atoms with Gasteiger partial charge >= 0.3 is 0 Å². The molecule has 5 rings (SSSR count). The van der Waals surface area contributed by atoms with Gasteiger partial charge in [0, 0.05) is 24.1 Å². The van der Waals surface area contributed by atoms with Gasteiger partial charge in [0.15, 0.2) is 5.17 Å². The van der Waals surface area contributed by atoms with Crippen LogP contribution in [0.4, 0.5) is 11.4 Å². The molecule has 6 nitrogen and oxygen atoms in total. The molecule has 3 aromatic rings. The van der Waals surface area contributed by atoms with Gasteiger partial charge in [-0.2, -0.15) is 0 Å². The molecular formula is C27H27N3O3S. The molecule has 1 N–H and O–H groups in total. The third-order valence-electron chi connectivity index (χ3n) is 6.12. The summed E-state index contributed by atoms with van der Waals surface area (Å²) in [6.45, 7) is 3.22. The molecular weight excluding hydrogens is 446 g/mol. The Labute approximate surface area is 203 Å². The molecule has 2 amide bonds. The predicted molar refractivity (Wildman–Crippen MR) is 138 cm³/mol. The molecule has 2 aliphatic rings. The number of hydrogen-bond acceptors (Lipinski definition) is 5. The van der Waals surface area contributed by atoms with E-state index < -0.39 is 5.25 Å². The molecule has 174 valence electrons. The van der Waals surface area contributed by atoms with Gasteiger partial charge in [-0.3, -0.25) is 14.5 Å². The number of hydrogen-bond donors (Lipinski definition) is 1. The van der Waals surface area contributed by atoms with Crippen molar-refractivity contribution in [3.05, 3.63) is 72.3 Å². The first-order valence-corrected chi connectivity index (χ1v) is 12.5. The highest BCUT2D eigenvalue weighted by Gasteiger charge is 2.40. The lowest BCUT2D eigenvalue weighted by atomic mass is 10.1. The number of aliphatic imine (C=N–C) groups is 1. The number of rotatable bonds is 6. The maximum atomic E-state index is 13.3. The Kier molecular flexibility index (Phi) is 6.65. The third-order valence-corrected chi connectivity index (χ3v) is 7.30. The topological polar surface area (TPSA) is 71.0 Å². The number of fused-ring (bicyclic) bond motifs is 1. The number of nitrogens with one attached hydrogen (secondary N) is 1. The van der Waals surface area contributed by atoms with Crippen LogP contribution in [-0.4, -0.2) is 46.4 Å². The van der Waals surface area contributed by atoms with Gasteiger partial charge in [0.25, 0.3) is 0 Å². The summed E-state index contributed by atoms with van der Waals surface area (Å²) in [5.74, 6) is -0.268. The van der Waals surface area contributed by atoms with E-state index in [1.165, 1.54) is 11.8 Å². The van der Waals surface area contributed by atoms with Crippen molar-refractivity contribution in [2.24, 2.45) is 4.99 Å². The molecule has 2 fully saturated rings. The summed E-state index contributed by atoms with van der Waals surface area (Å²) in [7, 11) is 0. The van der Waals surface area contributed by atoms with Crippen molar-refractivity contribution in [3.8, 4) is 0 Å². The minimum atomic E-state index is -0.513. The SMILES string of the molecule is Cc1ccc(N=C2SC(CC(=O)Nc3cccc4ccccc34)C(=O)N2CC2CCCO2)cc1. The molecule has 2 saturated heterocycles. The summed E-state index contributed by atoms with van der Waals surface area (Å²) in [5.41, 5.74) is 2.70. The molecule has 2 atom stereocenters. The zero-order valence-corrected chi connectivity index (χ0v) is 19.9. The first-order valence-electron chi connectivity index (χ1n) is 11.6. The Bertz CT molecular complexity index is 1230. The van der Waals surface area contributed by atoms with E-state index >= 15 is 0 Å². The minimum absolute atomic E-state index is 0.0102. The van der Waals surface area contributed by atoms with Crippen molar-refractivity contribution >= 4 is 50.9 Å². The molecule has 0 aromatic heterocycles. The molecule has 0 radical (unpaired) electrons. The Hall–Kier alpha value is -3.16. The van der Waals surface area contributed by atoms with E-state index in [2.05, 4.69) is 5.32 Å². The maximum absolute atomic E-state index is 13.3. The van der Waals surface area contributed by atoms with Crippen LogP contribution in [0.3, 0.4) is 0 Å². The van der Waals surface area contributed by atoms with Gasteiger partial charge in [-0.1, -0.05) is 65.9 Å². The van der Waals surface area contributed by atoms with Crippen molar-refractivity contribution in [1.82, 2.24) is 4.90 Å². The quantitative estimate of drug-likeness (QED) is 0.528. The monoisotopic (exact) mass is 473 g/mol. The number of benzene rings is 3. The largest absolute Gasteiger partial charge is 0.376 e. The predicted octanol–water partition coefficient (Wildman–Crippen LogP) is 5.29. The van der Waals surface area contributed by atoms with Gasteiger partial charge in [-0.25, -0.2) is 4.99 Å². The van der Waals surface area contributed by atoms with Crippen LogP contribution in [0.15, 0.2) is 71.7 Å². The van der Waals surface area contributed by atoms with Crippen molar-refractivity contribution < 1.29 is 14.3 Å². The zero-order chi connectivity index (χ0) is 23.5. The van der Waals surface area contributed by atoms with Crippen molar-refractivity contribution in [2.45, 2.75) is 37.5 Å². The second kappa shape index (κ2) is 9.99. The van der Waals surface area contributed by atoms with Crippen molar-refractivity contribution in [1.29, 1.82) is 0 Å². The first kappa shape index (κ1) is 22.6. The molecule has 3 aromatic carbocycles. The Balaban J connectivity index is 1.34. The molecule has 0 saturated carbocycles. The van der Waals surface area contributed by atoms with Crippen LogP contribution in [0.1, 0.15) is 24.8 Å². The fourth-order valence-corrected chi connectivity index (χ4v) is 5.49. The number of thioether (sulfide) groups is 1. The van der Waals surface area contributed by atoms with Crippen molar-refractivity contribution in [3.63, 3.8) is 0 Å². The van der Waals surface area contributed by atoms with Gasteiger partial charge in [-0.05, 0) is 43.4 Å². The lowest BCUT2D eigenvalue weighted by Gasteiger charge is -2.20. The molecule has 34 heavy (non-hydrogen) atoms. The van der Waals surface area contributed by atoms with E-state index in [9.17, 15) is 9.59 Å². The van der Waals surface area contributed by atoms with Gasteiger partial charge in [0.2, 0.25) is 11.8 Å². The number of aryl methyl sites for hydroxylation is 1. The second-order valence-corrected chi connectivity index (χ2v) is 9.87. The van der Waals surface area contributed by atoms with Crippen LogP contribution in [0.25, 0.3) is 10.8 Å². The van der Waals surface area contributed by atoms with E-state index in [0.717, 1.165) is 47.2 Å². The van der Waals surface area contributed by atoms with Gasteiger partial charge in [0.05, 0.1) is 18.3 Å². The number of anilines is 1. The van der Waals surface area contributed by atoms with Crippen molar-refractivity contribution in [2.75, 3.05) is 18.5 Å². The van der Waals surface area contributed by atoms with Crippen LogP contribution >= 0.6 is 11.8 Å². The van der Waals surface area contributed by atoms with E-state index in [-0.39, 0.29) is 24.3 Å². The number of carbonyl (C=O) groups is 2. The molecule has 2 unspecified atom stereocenters. The van der Waals surface area contributed by atoms with Crippen LogP contribution in [0, 0.1) is 6.92 Å². The van der Waals surface area contributed by atoms with Gasteiger partial charge < -0.3 is 10.1 Å². The fourth-order valence-electron chi connectivity index (χ4n) is 4.32. The van der Waals surface area contributed by atoms with E-state index in [1.54, 1.807) is 4.90 Å². The normalized spacial score (nSPS) is 21.5. The molecule has 0 spiro atoms. The number of carbonyl (C=O) groups excluding carboxylic acids is 2. The highest BCUT2D eigenvalue weighted by Crippen LogP contribution is 2.33. The Morgan fingerprint density at radius 3 is 2.71 bits per heavy atom. The molecule has 7 heteroatoms. The summed E-state index contributed by atoms with van der Waals surface area (Å²) in [4.78, 5) is 32.7. The second-order valence-electron chi connectivity index (χ2n) is 8.70. The van der Waals surface area contributed by atoms with E-state index in [0.29, 0.717) is 11.7 Å². The fraction of sp³-hybridized carbons (Fsp3) is 0.296. The van der Waals surface area contributed by atoms with Gasteiger partial charge in [0.1, 0.15) is 5.25 Å². The van der Waals surface area contributed by atoms with E-state index in [1.807, 2.05) is 73.7 Å². The van der Waals surface area contributed by atoms with Crippen LogP contribution in [0.2, 0.25) is 0 Å². The summed E-state index contributed by atoms with van der Waals surface area (Å²) in [6, 6.07) is 21.6. The summed E-state index contributed by atoms with van der Waals surface area (Å²) in [5, 5.41) is 5.16. The van der Waals surface area contributed by atoms with Gasteiger partial charge in [-0.15, -0.1) is 0 Å². The molecule has 0 bridgehead atoms. The lowest BCUT2D eigenvalue weighted by Crippen LogP contribution is -2.38. The Morgan fingerprint density at radius 2 is 1.91 bits per heavy atom. The lowest BCUT2D eigenvalue weighted by molar-refractivity contribution is -0.129. The number of ether oxygens (including phenoxy) is 1. The average molecular weight is 474 g/mol. The van der Waals surface area contributed by atoms with Crippen LogP contribution in [-0.2, 0) is 14.3 Å². The average Bonchev–Trinajstić information content (AvgIpc) is 3.45. The van der Waals surface area contributed by atoms with Crippen LogP contribution in [0.5, 0.6) is 0 Å². The maximum Gasteiger partial charge on any atom is 0.242 e.